The van der Waals surface area contributed by atoms with E-state index >= 15 is 0 Å². The molecule has 13 heteroatoms. The molecule has 42 heavy (non-hydrogen) atoms. The van der Waals surface area contributed by atoms with Crippen molar-refractivity contribution in [3.63, 3.8) is 0 Å². The minimum atomic E-state index is -1.40. The van der Waals surface area contributed by atoms with Gasteiger partial charge in [0.1, 0.15) is 17.1 Å². The van der Waals surface area contributed by atoms with Crippen molar-refractivity contribution < 1.29 is 28.2 Å². The van der Waals surface area contributed by atoms with Crippen LogP contribution in [0.3, 0.4) is 0 Å². The molecule has 3 amide bonds. The average Bonchev–Trinajstić information content (AvgIpc) is 3.78. The summed E-state index contributed by atoms with van der Waals surface area (Å²) in [6.07, 6.45) is 2.65. The van der Waals surface area contributed by atoms with Crippen LogP contribution in [0, 0.1) is 5.82 Å². The summed E-state index contributed by atoms with van der Waals surface area (Å²) >= 11 is 12.8. The third-order valence-corrected chi connectivity index (χ3v) is 6.51. The number of nitrogens with zero attached hydrogens (tertiary/aromatic N) is 2. The highest BCUT2D eigenvalue weighted by molar-refractivity contribution is 6.39. The van der Waals surface area contributed by atoms with E-state index in [4.69, 9.17) is 32.7 Å². The number of carbonyl (C=O) groups is 3. The van der Waals surface area contributed by atoms with E-state index in [2.05, 4.69) is 25.9 Å². The first-order chi connectivity index (χ1) is 20.2. The van der Waals surface area contributed by atoms with Crippen molar-refractivity contribution >= 4 is 52.8 Å². The largest absolute Gasteiger partial charge is 0.493 e. The second-order valence-electron chi connectivity index (χ2n) is 9.08. The third-order valence-electron chi connectivity index (χ3n) is 5.99. The molecule has 0 saturated heterocycles. The van der Waals surface area contributed by atoms with Gasteiger partial charge >= 0.3 is 0 Å². The number of pyridine rings is 1. The molecule has 1 atom stereocenters. The van der Waals surface area contributed by atoms with E-state index in [1.165, 1.54) is 18.9 Å². The maximum Gasteiger partial charge on any atom is 0.269 e. The van der Waals surface area contributed by atoms with E-state index in [0.29, 0.717) is 45.9 Å². The molecule has 1 aliphatic carbocycles. The van der Waals surface area contributed by atoms with E-state index in [0.717, 1.165) is 18.7 Å². The van der Waals surface area contributed by atoms with Gasteiger partial charge in [-0.05, 0) is 51.0 Å². The summed E-state index contributed by atoms with van der Waals surface area (Å²) < 4.78 is 25.0. The molecule has 2 aromatic carbocycles. The first kappa shape index (κ1) is 30.7. The maximum atomic E-state index is 13.9. The first-order valence-corrected chi connectivity index (χ1v) is 13.9. The molecule has 1 saturated carbocycles. The van der Waals surface area contributed by atoms with Gasteiger partial charge in [0.05, 0.1) is 41.4 Å². The fourth-order valence-electron chi connectivity index (χ4n) is 3.99. The van der Waals surface area contributed by atoms with E-state index < -0.39 is 23.8 Å². The molecule has 2 heterocycles. The number of rotatable bonds is 9. The second-order valence-corrected chi connectivity index (χ2v) is 9.92. The topological polar surface area (TPSA) is 131 Å². The Hall–Kier alpha value is -4.22. The molecule has 1 aliphatic heterocycles. The van der Waals surface area contributed by atoms with Crippen molar-refractivity contribution in [3.8, 4) is 11.6 Å². The molecular weight excluding hydrogens is 588 g/mol. The maximum absolute atomic E-state index is 13.9. The molecule has 1 aromatic heterocycles. The Labute approximate surface area is 251 Å². The Morgan fingerprint density at radius 3 is 2.55 bits per heavy atom. The van der Waals surface area contributed by atoms with Crippen LogP contribution in [0.2, 0.25) is 10.0 Å². The zero-order valence-electron chi connectivity index (χ0n) is 22.7. The van der Waals surface area contributed by atoms with Crippen LogP contribution in [0.1, 0.15) is 48.2 Å². The lowest BCUT2D eigenvalue weighted by molar-refractivity contribution is -0.117. The summed E-state index contributed by atoms with van der Waals surface area (Å²) in [5.74, 6) is -1.86. The monoisotopic (exact) mass is 615 g/mol. The molecule has 220 valence electrons. The minimum absolute atomic E-state index is 0.0719. The molecule has 1 fully saturated rings. The summed E-state index contributed by atoms with van der Waals surface area (Å²) in [7, 11) is 0. The fourth-order valence-corrected chi connectivity index (χ4v) is 4.56. The van der Waals surface area contributed by atoms with Crippen LogP contribution in [0.5, 0.6) is 11.6 Å². The molecule has 3 aromatic rings. The quantitative estimate of drug-likeness (QED) is 0.297. The van der Waals surface area contributed by atoms with Crippen LogP contribution in [0.25, 0.3) is 0 Å². The highest BCUT2D eigenvalue weighted by Crippen LogP contribution is 2.36. The molecule has 3 N–H and O–H groups in total. The first-order valence-electron chi connectivity index (χ1n) is 13.1. The molecule has 0 spiro atoms. The van der Waals surface area contributed by atoms with Crippen molar-refractivity contribution in [1.29, 1.82) is 0 Å². The van der Waals surface area contributed by atoms with Gasteiger partial charge < -0.3 is 25.4 Å². The van der Waals surface area contributed by atoms with Gasteiger partial charge in [-0.3, -0.25) is 14.4 Å². The predicted molar refractivity (Wildman–Crippen MR) is 157 cm³/mol. The number of carbonyl (C=O) groups excluding carboxylic acids is 3. The van der Waals surface area contributed by atoms with Crippen LogP contribution >= 0.6 is 23.2 Å². The third kappa shape index (κ3) is 7.54. The Balaban J connectivity index is 0.000000600. The molecule has 5 rings (SSSR count). The van der Waals surface area contributed by atoms with Gasteiger partial charge in [-0.15, -0.1) is 0 Å². The average molecular weight is 616 g/mol. The number of benzodiazepines with no additional fused rings is 1. The van der Waals surface area contributed by atoms with Gasteiger partial charge in [-0.25, -0.2) is 14.4 Å². The van der Waals surface area contributed by atoms with Crippen LogP contribution < -0.4 is 25.4 Å². The smallest absolute Gasteiger partial charge is 0.269 e. The number of aliphatic imine (C=N–C) groups is 1. The number of halogens is 3. The molecule has 2 aliphatic rings. The van der Waals surface area contributed by atoms with Gasteiger partial charge in [0, 0.05) is 16.6 Å². The van der Waals surface area contributed by atoms with Crippen molar-refractivity contribution in [3.05, 3.63) is 81.2 Å². The van der Waals surface area contributed by atoms with Crippen molar-refractivity contribution in [2.45, 2.75) is 38.9 Å². The van der Waals surface area contributed by atoms with Gasteiger partial charge in [0.15, 0.2) is 0 Å². The lowest BCUT2D eigenvalue weighted by atomic mass is 9.99. The van der Waals surface area contributed by atoms with Crippen molar-refractivity contribution in [1.82, 2.24) is 15.6 Å². The number of ether oxygens (including phenoxy) is 2. The van der Waals surface area contributed by atoms with Crippen LogP contribution in [-0.2, 0) is 9.59 Å². The lowest BCUT2D eigenvalue weighted by Gasteiger charge is -2.17. The van der Waals surface area contributed by atoms with Crippen LogP contribution in [-0.4, -0.2) is 54.3 Å². The molecule has 0 bridgehead atoms. The van der Waals surface area contributed by atoms with Gasteiger partial charge in [-0.1, -0.05) is 41.4 Å². The van der Waals surface area contributed by atoms with E-state index in [-0.39, 0.29) is 23.1 Å². The molecule has 1 unspecified atom stereocenters. The number of aromatic nitrogens is 1. The standard InChI is InChI=1S/C25H21Cl2FN4O4.C4H7NO/c1-3-35-19-10-13(26)9-17(27)20(19)21-15-7-5-6-8-18(15)30-24(34)22(31-21)32-23(33)16-11-14(28)12-29-25(16)36-4-2;6-3-5-4-1-2-4/h5-12,22H,3-4H2,1-2H3,(H,30,34)(H,32,33);3-4H,1-2H2,(H,5,6). The highest BCUT2D eigenvalue weighted by Gasteiger charge is 2.30. The SMILES string of the molecule is CCOc1cc(Cl)cc(Cl)c1C1=NC(NC(=O)c2cc(F)cnc2OCC)C(=O)Nc2ccccc21.O=CNC1CC1. The number of anilines is 1. The Bertz CT molecular complexity index is 1520. The Kier molecular flexibility index (Phi) is 10.3. The van der Waals surface area contributed by atoms with Crippen molar-refractivity contribution in [2.75, 3.05) is 18.5 Å². The molecular formula is C29H28Cl2FN5O5. The van der Waals surface area contributed by atoms with Gasteiger partial charge in [-0.2, -0.15) is 0 Å². The van der Waals surface area contributed by atoms with E-state index in [1.54, 1.807) is 44.2 Å². The number of amides is 3. The number of benzene rings is 2. The highest BCUT2D eigenvalue weighted by atomic mass is 35.5. The van der Waals surface area contributed by atoms with Gasteiger partial charge in [0.25, 0.3) is 11.8 Å². The van der Waals surface area contributed by atoms with E-state index in [1.807, 2.05) is 0 Å². The minimum Gasteiger partial charge on any atom is -0.493 e. The Morgan fingerprint density at radius 2 is 1.88 bits per heavy atom. The number of hydrogen-bond donors (Lipinski definition) is 3. The number of fused-ring (bicyclic) bond motifs is 1. The molecule has 0 radical (unpaired) electrons. The van der Waals surface area contributed by atoms with Gasteiger partial charge in [0.2, 0.25) is 18.5 Å². The number of para-hydroxylation sites is 1. The van der Waals surface area contributed by atoms with E-state index in [9.17, 15) is 18.8 Å². The fraction of sp³-hybridized carbons (Fsp3) is 0.276. The summed E-state index contributed by atoms with van der Waals surface area (Å²) in [4.78, 5) is 44.2. The summed E-state index contributed by atoms with van der Waals surface area (Å²) in [5.41, 5.74) is 1.52. The number of hydrogen-bond acceptors (Lipinski definition) is 7. The summed E-state index contributed by atoms with van der Waals surface area (Å²) in [6, 6.07) is 11.6. The zero-order chi connectivity index (χ0) is 30.2. The van der Waals surface area contributed by atoms with Crippen LogP contribution in [0.4, 0.5) is 10.1 Å². The second kappa shape index (κ2) is 14.1. The van der Waals surface area contributed by atoms with Crippen LogP contribution in [0.15, 0.2) is 53.7 Å². The Morgan fingerprint density at radius 1 is 1.14 bits per heavy atom. The predicted octanol–water partition coefficient (Wildman–Crippen LogP) is 4.77. The van der Waals surface area contributed by atoms with Crippen molar-refractivity contribution in [2.24, 2.45) is 4.99 Å². The lowest BCUT2D eigenvalue weighted by Crippen LogP contribution is -2.42. The summed E-state index contributed by atoms with van der Waals surface area (Å²) in [6.45, 7) is 4.03. The number of nitrogens with one attached hydrogen (secondary N) is 3. The normalized spacial score (nSPS) is 15.5. The molecule has 10 nitrogen and oxygen atoms in total. The summed E-state index contributed by atoms with van der Waals surface area (Å²) in [5, 5.41) is 8.53. The zero-order valence-corrected chi connectivity index (χ0v) is 24.3.